The summed E-state index contributed by atoms with van der Waals surface area (Å²) in [4.78, 5) is 27.4. The first-order valence-corrected chi connectivity index (χ1v) is 9.62. The van der Waals surface area contributed by atoms with Crippen molar-refractivity contribution < 1.29 is 19.1 Å². The van der Waals surface area contributed by atoms with Crippen LogP contribution in [0.3, 0.4) is 0 Å². The summed E-state index contributed by atoms with van der Waals surface area (Å²) < 4.78 is 11.0. The van der Waals surface area contributed by atoms with Crippen LogP contribution in [0.5, 0.6) is 11.5 Å². The summed E-state index contributed by atoms with van der Waals surface area (Å²) >= 11 is 0. The van der Waals surface area contributed by atoms with Gasteiger partial charge in [0.15, 0.2) is 6.10 Å². The zero-order chi connectivity index (χ0) is 19.9. The minimum Gasteiger partial charge on any atom is -0.497 e. The molecule has 2 aromatic carbocycles. The summed E-state index contributed by atoms with van der Waals surface area (Å²) in [5.74, 6) is 0.888. The van der Waals surface area contributed by atoms with Gasteiger partial charge in [0.05, 0.1) is 18.4 Å². The lowest BCUT2D eigenvalue weighted by Gasteiger charge is -2.20. The molecule has 1 atom stereocenters. The lowest BCUT2D eigenvalue weighted by atomic mass is 10.1. The van der Waals surface area contributed by atoms with Crippen molar-refractivity contribution in [3.05, 3.63) is 54.1 Å². The van der Waals surface area contributed by atoms with E-state index >= 15 is 0 Å². The SMILES string of the molecule is CCC(Oc1cccc(OC)c1)C(=O)Nc1ccccc1C(=O)N1CCCC1. The maximum absolute atomic E-state index is 12.8. The molecule has 0 saturated carbocycles. The van der Waals surface area contributed by atoms with Gasteiger partial charge in [0.1, 0.15) is 11.5 Å². The number of nitrogens with zero attached hydrogens (tertiary/aromatic N) is 1. The zero-order valence-electron chi connectivity index (χ0n) is 16.3. The molecule has 1 saturated heterocycles. The number of anilines is 1. The summed E-state index contributed by atoms with van der Waals surface area (Å²) in [7, 11) is 1.58. The normalized spacial score (nSPS) is 14.4. The van der Waals surface area contributed by atoms with Crippen LogP contribution in [0.4, 0.5) is 5.69 Å². The number of benzene rings is 2. The zero-order valence-corrected chi connectivity index (χ0v) is 16.3. The van der Waals surface area contributed by atoms with Crippen LogP contribution in [-0.4, -0.2) is 43.0 Å². The van der Waals surface area contributed by atoms with E-state index in [4.69, 9.17) is 9.47 Å². The average molecular weight is 382 g/mol. The van der Waals surface area contributed by atoms with Gasteiger partial charge in [-0.3, -0.25) is 9.59 Å². The van der Waals surface area contributed by atoms with Gasteiger partial charge in [-0.1, -0.05) is 25.1 Å². The molecule has 0 spiro atoms. The Hall–Kier alpha value is -3.02. The Morgan fingerprint density at radius 2 is 1.79 bits per heavy atom. The smallest absolute Gasteiger partial charge is 0.265 e. The molecule has 0 radical (unpaired) electrons. The van der Waals surface area contributed by atoms with Gasteiger partial charge >= 0.3 is 0 Å². The summed E-state index contributed by atoms with van der Waals surface area (Å²) in [6.45, 7) is 3.40. The van der Waals surface area contributed by atoms with Crippen molar-refractivity contribution in [2.45, 2.75) is 32.3 Å². The van der Waals surface area contributed by atoms with Gasteiger partial charge < -0.3 is 19.7 Å². The molecule has 148 valence electrons. The fourth-order valence-electron chi connectivity index (χ4n) is 3.24. The lowest BCUT2D eigenvalue weighted by Crippen LogP contribution is -2.34. The minimum absolute atomic E-state index is 0.0461. The number of rotatable bonds is 7. The Labute approximate surface area is 165 Å². The third-order valence-corrected chi connectivity index (χ3v) is 4.79. The number of methoxy groups -OCH3 is 1. The molecular weight excluding hydrogens is 356 g/mol. The predicted octanol–water partition coefficient (Wildman–Crippen LogP) is 3.73. The van der Waals surface area contributed by atoms with E-state index in [1.807, 2.05) is 30.0 Å². The van der Waals surface area contributed by atoms with Crippen LogP contribution >= 0.6 is 0 Å². The summed E-state index contributed by atoms with van der Waals surface area (Å²) in [5.41, 5.74) is 1.02. The lowest BCUT2D eigenvalue weighted by molar-refractivity contribution is -0.122. The van der Waals surface area contributed by atoms with Crippen molar-refractivity contribution in [3.63, 3.8) is 0 Å². The van der Waals surface area contributed by atoms with Crippen molar-refractivity contribution in [2.75, 3.05) is 25.5 Å². The third-order valence-electron chi connectivity index (χ3n) is 4.79. The van der Waals surface area contributed by atoms with Gasteiger partial charge in [-0.15, -0.1) is 0 Å². The molecule has 1 unspecified atom stereocenters. The molecule has 1 heterocycles. The molecule has 1 aliphatic heterocycles. The van der Waals surface area contributed by atoms with Crippen LogP contribution in [0.25, 0.3) is 0 Å². The number of hydrogen-bond acceptors (Lipinski definition) is 4. The first-order chi connectivity index (χ1) is 13.6. The van der Waals surface area contributed by atoms with Gasteiger partial charge in [-0.25, -0.2) is 0 Å². The van der Waals surface area contributed by atoms with Gasteiger partial charge in [-0.05, 0) is 43.5 Å². The number of hydrogen-bond donors (Lipinski definition) is 1. The highest BCUT2D eigenvalue weighted by Gasteiger charge is 2.24. The molecule has 6 heteroatoms. The van der Waals surface area contributed by atoms with E-state index in [1.54, 1.807) is 37.4 Å². The van der Waals surface area contributed by atoms with E-state index in [1.165, 1.54) is 0 Å². The van der Waals surface area contributed by atoms with E-state index in [0.717, 1.165) is 25.9 Å². The predicted molar refractivity (Wildman–Crippen MR) is 108 cm³/mol. The van der Waals surface area contributed by atoms with Crippen LogP contribution in [-0.2, 0) is 4.79 Å². The Morgan fingerprint density at radius 1 is 1.07 bits per heavy atom. The van der Waals surface area contributed by atoms with Gasteiger partial charge in [0.25, 0.3) is 11.8 Å². The maximum Gasteiger partial charge on any atom is 0.265 e. The van der Waals surface area contributed by atoms with E-state index < -0.39 is 6.10 Å². The monoisotopic (exact) mass is 382 g/mol. The molecule has 2 aromatic rings. The fraction of sp³-hybridized carbons (Fsp3) is 0.364. The van der Waals surface area contributed by atoms with E-state index in [0.29, 0.717) is 29.2 Å². The number of carbonyl (C=O) groups is 2. The highest BCUT2D eigenvalue weighted by molar-refractivity contribution is 6.04. The van der Waals surface area contributed by atoms with E-state index in [2.05, 4.69) is 5.32 Å². The molecule has 0 bridgehead atoms. The number of amides is 2. The molecule has 0 aliphatic carbocycles. The average Bonchev–Trinajstić information content (AvgIpc) is 3.27. The third kappa shape index (κ3) is 4.63. The minimum atomic E-state index is -0.679. The number of likely N-dealkylation sites (tertiary alicyclic amines) is 1. The topological polar surface area (TPSA) is 67.9 Å². The Morgan fingerprint density at radius 3 is 2.50 bits per heavy atom. The van der Waals surface area contributed by atoms with Crippen molar-refractivity contribution in [1.29, 1.82) is 0 Å². The Balaban J connectivity index is 1.73. The Bertz CT molecular complexity index is 831. The second-order valence-corrected chi connectivity index (χ2v) is 6.73. The van der Waals surface area contributed by atoms with Crippen molar-refractivity contribution in [2.24, 2.45) is 0 Å². The van der Waals surface area contributed by atoms with Gasteiger partial charge in [0.2, 0.25) is 0 Å². The largest absolute Gasteiger partial charge is 0.497 e. The summed E-state index contributed by atoms with van der Waals surface area (Å²) in [6.07, 6.45) is 1.85. The van der Waals surface area contributed by atoms with Crippen LogP contribution in [0.15, 0.2) is 48.5 Å². The quantitative estimate of drug-likeness (QED) is 0.792. The number of ether oxygens (including phenoxy) is 2. The fourth-order valence-corrected chi connectivity index (χ4v) is 3.24. The van der Waals surface area contributed by atoms with Crippen molar-refractivity contribution in [3.8, 4) is 11.5 Å². The van der Waals surface area contributed by atoms with Crippen LogP contribution in [0.2, 0.25) is 0 Å². The molecule has 0 aromatic heterocycles. The molecule has 1 aliphatic rings. The molecule has 2 amide bonds. The molecule has 6 nitrogen and oxygen atoms in total. The van der Waals surface area contributed by atoms with Crippen LogP contribution in [0.1, 0.15) is 36.5 Å². The molecule has 1 fully saturated rings. The second kappa shape index (κ2) is 9.26. The number of carbonyl (C=O) groups excluding carboxylic acids is 2. The summed E-state index contributed by atoms with van der Waals surface area (Å²) in [6, 6.07) is 14.3. The van der Waals surface area contributed by atoms with Crippen LogP contribution in [0, 0.1) is 0 Å². The summed E-state index contributed by atoms with van der Waals surface area (Å²) in [5, 5.41) is 2.87. The second-order valence-electron chi connectivity index (χ2n) is 6.73. The van der Waals surface area contributed by atoms with Gasteiger partial charge in [-0.2, -0.15) is 0 Å². The molecule has 3 rings (SSSR count). The molecule has 28 heavy (non-hydrogen) atoms. The number of nitrogens with one attached hydrogen (secondary N) is 1. The number of para-hydroxylation sites is 1. The highest BCUT2D eigenvalue weighted by Crippen LogP contribution is 2.23. The molecular formula is C22H26N2O4. The van der Waals surface area contributed by atoms with E-state index in [9.17, 15) is 9.59 Å². The van der Waals surface area contributed by atoms with E-state index in [-0.39, 0.29) is 11.8 Å². The van der Waals surface area contributed by atoms with Gasteiger partial charge in [0, 0.05) is 19.2 Å². The van der Waals surface area contributed by atoms with Crippen molar-refractivity contribution in [1.82, 2.24) is 4.90 Å². The maximum atomic E-state index is 12.8. The Kier molecular flexibility index (Phi) is 6.53. The van der Waals surface area contributed by atoms with Crippen LogP contribution < -0.4 is 14.8 Å². The first-order valence-electron chi connectivity index (χ1n) is 9.62. The molecule has 1 N–H and O–H groups in total. The first kappa shape index (κ1) is 19.7. The van der Waals surface area contributed by atoms with Crippen molar-refractivity contribution >= 4 is 17.5 Å². The highest BCUT2D eigenvalue weighted by atomic mass is 16.5. The standard InChI is InChI=1S/C22H26N2O4/c1-3-20(28-17-10-8-9-16(15-17)27-2)21(25)23-19-12-5-4-11-18(19)22(26)24-13-6-7-14-24/h4-5,8-12,15,20H,3,6-7,13-14H2,1-2H3,(H,23,25).